The SMILES string of the molecule is COCOCC1=C2C(CC1=O)Cc1c(OC)cccc1[C@H]2O[Si](C)(C)C(C)(C)C.COCOC[C@H]1C(=O)CC2Cc3c(cccc3OC)C[C@@H]21. The number of benzene rings is 2. The van der Waals surface area contributed by atoms with E-state index in [9.17, 15) is 9.59 Å². The Morgan fingerprint density at radius 2 is 1.44 bits per heavy atom. The molecular weight excluding hydrogens is 653 g/mol. The third-order valence-corrected chi connectivity index (χ3v) is 15.9. The zero-order valence-corrected chi connectivity index (χ0v) is 32.4. The fraction of sp³-hybridized carbons (Fsp3) is 0.600. The summed E-state index contributed by atoms with van der Waals surface area (Å²) in [6.07, 6.45) is 3.64. The lowest BCUT2D eigenvalue weighted by Gasteiger charge is -2.43. The van der Waals surface area contributed by atoms with Gasteiger partial charge >= 0.3 is 0 Å². The Hall–Kier alpha value is -2.86. The maximum Gasteiger partial charge on any atom is 0.193 e. The Bertz CT molecular complexity index is 1560. The van der Waals surface area contributed by atoms with Crippen molar-refractivity contribution in [3.63, 3.8) is 0 Å². The molecule has 6 rings (SSSR count). The van der Waals surface area contributed by atoms with Crippen LogP contribution in [0, 0.1) is 23.7 Å². The second-order valence-electron chi connectivity index (χ2n) is 15.5. The first-order chi connectivity index (χ1) is 23.8. The van der Waals surface area contributed by atoms with Crippen molar-refractivity contribution in [3.8, 4) is 11.5 Å². The van der Waals surface area contributed by atoms with Crippen LogP contribution in [0.3, 0.4) is 0 Å². The first kappa shape index (κ1) is 38.4. The van der Waals surface area contributed by atoms with Crippen LogP contribution in [0.15, 0.2) is 47.5 Å². The maximum absolute atomic E-state index is 12.9. The summed E-state index contributed by atoms with van der Waals surface area (Å²) in [5.41, 5.74) is 6.77. The highest BCUT2D eigenvalue weighted by molar-refractivity contribution is 6.74. The van der Waals surface area contributed by atoms with Crippen LogP contribution >= 0.6 is 0 Å². The first-order valence-electron chi connectivity index (χ1n) is 17.8. The van der Waals surface area contributed by atoms with Crippen molar-refractivity contribution in [1.82, 2.24) is 0 Å². The highest BCUT2D eigenvalue weighted by Crippen LogP contribution is 2.52. The Morgan fingerprint density at radius 1 is 0.780 bits per heavy atom. The van der Waals surface area contributed by atoms with Gasteiger partial charge in [0.25, 0.3) is 0 Å². The average molecular weight is 709 g/mol. The summed E-state index contributed by atoms with van der Waals surface area (Å²) in [7, 11) is 4.51. The molecule has 5 atom stereocenters. The summed E-state index contributed by atoms with van der Waals surface area (Å²) in [6, 6.07) is 12.3. The van der Waals surface area contributed by atoms with Crippen LogP contribution < -0.4 is 9.47 Å². The quantitative estimate of drug-likeness (QED) is 0.130. The van der Waals surface area contributed by atoms with Gasteiger partial charge in [-0.25, -0.2) is 0 Å². The van der Waals surface area contributed by atoms with E-state index in [0.29, 0.717) is 37.1 Å². The van der Waals surface area contributed by atoms with Gasteiger partial charge in [-0.15, -0.1) is 0 Å². The van der Waals surface area contributed by atoms with Crippen LogP contribution in [0.4, 0.5) is 0 Å². The Morgan fingerprint density at radius 3 is 2.10 bits per heavy atom. The summed E-state index contributed by atoms with van der Waals surface area (Å²) in [6.45, 7) is 12.4. The van der Waals surface area contributed by atoms with Gasteiger partial charge in [-0.05, 0) is 89.5 Å². The Labute approximate surface area is 299 Å². The number of ketones is 2. The molecule has 2 unspecified atom stereocenters. The summed E-state index contributed by atoms with van der Waals surface area (Å²) < 4.78 is 39.0. The number of carbonyl (C=O) groups is 2. The van der Waals surface area contributed by atoms with Crippen molar-refractivity contribution in [1.29, 1.82) is 0 Å². The third kappa shape index (κ3) is 7.95. The molecular formula is C40H56O9Si. The highest BCUT2D eigenvalue weighted by atomic mass is 28.4. The molecule has 1 fully saturated rings. The number of hydrogen-bond donors (Lipinski definition) is 0. The molecule has 0 amide bonds. The van der Waals surface area contributed by atoms with Crippen molar-refractivity contribution in [2.75, 3.05) is 55.2 Å². The van der Waals surface area contributed by atoms with Crippen LogP contribution in [-0.4, -0.2) is 75.1 Å². The molecule has 0 saturated heterocycles. The molecule has 4 aliphatic rings. The molecule has 4 aliphatic carbocycles. The smallest absolute Gasteiger partial charge is 0.193 e. The molecule has 10 heteroatoms. The standard InChI is InChI=1S/C23H34O5Si.C17H22O4/c1-23(2,3)29(6,7)28-22-16-9-8-10-20(26-5)17(16)11-15-12-19(24)18(21(15)22)13-27-14-25-4;1-19-10-21-9-15-13-6-11-4-3-5-17(20-2)14(11)7-12(13)8-16(15)18/h8-10,15,22H,11-14H2,1-7H3;3-5,12-13,15H,6-10H2,1-2H3/t15?,22-;12?,13-,15+/m10/s1. The van der Waals surface area contributed by atoms with E-state index in [2.05, 4.69) is 46.0 Å². The number of hydrogen-bond acceptors (Lipinski definition) is 9. The molecule has 1 saturated carbocycles. The number of carbonyl (C=O) groups excluding carboxylic acids is 2. The fourth-order valence-corrected chi connectivity index (χ4v) is 9.13. The predicted octanol–water partition coefficient (Wildman–Crippen LogP) is 7.06. The normalized spacial score (nSPS) is 24.2. The van der Waals surface area contributed by atoms with Crippen LogP contribution in [0.2, 0.25) is 18.1 Å². The van der Waals surface area contributed by atoms with Gasteiger partial charge in [-0.1, -0.05) is 45.0 Å². The van der Waals surface area contributed by atoms with E-state index in [0.717, 1.165) is 47.5 Å². The van der Waals surface area contributed by atoms with Crippen molar-refractivity contribution < 1.29 is 42.4 Å². The Kier molecular flexibility index (Phi) is 12.4. The monoisotopic (exact) mass is 708 g/mol. The van der Waals surface area contributed by atoms with Crippen LogP contribution in [0.1, 0.15) is 62.0 Å². The van der Waals surface area contributed by atoms with Crippen molar-refractivity contribution in [2.24, 2.45) is 23.7 Å². The van der Waals surface area contributed by atoms with Crippen molar-refractivity contribution >= 4 is 19.9 Å². The molecule has 50 heavy (non-hydrogen) atoms. The summed E-state index contributed by atoms with van der Waals surface area (Å²) in [5.74, 6) is 3.32. The molecule has 2 aromatic carbocycles. The topological polar surface area (TPSA) is 98.8 Å². The van der Waals surface area contributed by atoms with Crippen molar-refractivity contribution in [2.45, 2.75) is 77.1 Å². The fourth-order valence-electron chi connectivity index (χ4n) is 7.94. The van der Waals surface area contributed by atoms with Crippen LogP contribution in [0.25, 0.3) is 0 Å². The lowest BCUT2D eigenvalue weighted by atomic mass is 9.75. The number of methoxy groups -OCH3 is 4. The van der Waals surface area contributed by atoms with E-state index in [1.807, 2.05) is 24.3 Å². The van der Waals surface area contributed by atoms with Gasteiger partial charge in [0.1, 0.15) is 30.9 Å². The first-order valence-corrected chi connectivity index (χ1v) is 20.7. The van der Waals surface area contributed by atoms with E-state index in [4.69, 9.17) is 32.8 Å². The van der Waals surface area contributed by atoms with Gasteiger partial charge < -0.3 is 32.8 Å². The Balaban J connectivity index is 0.000000204. The van der Waals surface area contributed by atoms with E-state index in [1.165, 1.54) is 16.7 Å². The minimum Gasteiger partial charge on any atom is -0.496 e. The molecule has 2 aromatic rings. The van der Waals surface area contributed by atoms with Gasteiger partial charge in [0.05, 0.1) is 33.5 Å². The van der Waals surface area contributed by atoms with E-state index < -0.39 is 8.32 Å². The third-order valence-electron chi connectivity index (χ3n) is 11.5. The summed E-state index contributed by atoms with van der Waals surface area (Å²) >= 11 is 0. The van der Waals surface area contributed by atoms with Gasteiger partial charge in [-0.2, -0.15) is 0 Å². The highest BCUT2D eigenvalue weighted by Gasteiger charge is 2.48. The largest absolute Gasteiger partial charge is 0.496 e. The number of rotatable bonds is 12. The minimum absolute atomic E-state index is 0.0181. The van der Waals surface area contributed by atoms with Gasteiger partial charge in [0, 0.05) is 44.1 Å². The molecule has 0 N–H and O–H groups in total. The van der Waals surface area contributed by atoms with Crippen LogP contribution in [0.5, 0.6) is 11.5 Å². The number of Topliss-reactive ketones (excluding diaryl/α,β-unsaturated/α-hetero) is 2. The van der Waals surface area contributed by atoms with Crippen molar-refractivity contribution in [3.05, 3.63) is 69.8 Å². The second kappa shape index (κ2) is 16.2. The van der Waals surface area contributed by atoms with Gasteiger partial charge in [-0.3, -0.25) is 9.59 Å². The second-order valence-corrected chi connectivity index (χ2v) is 20.2. The molecule has 0 radical (unpaired) electrons. The summed E-state index contributed by atoms with van der Waals surface area (Å²) in [5, 5.41) is 0.0643. The molecule has 0 bridgehead atoms. The van der Waals surface area contributed by atoms with E-state index >= 15 is 0 Å². The summed E-state index contributed by atoms with van der Waals surface area (Å²) in [4.78, 5) is 25.2. The van der Waals surface area contributed by atoms with E-state index in [1.54, 1.807) is 28.4 Å². The average Bonchev–Trinajstić information content (AvgIpc) is 3.56. The molecule has 0 aliphatic heterocycles. The van der Waals surface area contributed by atoms with E-state index in [-0.39, 0.29) is 49.0 Å². The van der Waals surface area contributed by atoms with Gasteiger partial charge in [0.2, 0.25) is 0 Å². The van der Waals surface area contributed by atoms with Crippen LogP contribution in [-0.2, 0) is 52.2 Å². The zero-order valence-electron chi connectivity index (χ0n) is 31.4. The zero-order chi connectivity index (χ0) is 36.2. The van der Waals surface area contributed by atoms with Gasteiger partial charge in [0.15, 0.2) is 14.1 Å². The lowest BCUT2D eigenvalue weighted by molar-refractivity contribution is -0.125. The molecule has 274 valence electrons. The lowest BCUT2D eigenvalue weighted by Crippen LogP contribution is -2.43. The molecule has 9 nitrogen and oxygen atoms in total. The molecule has 0 heterocycles. The molecule has 0 aromatic heterocycles. The predicted molar refractivity (Wildman–Crippen MR) is 194 cm³/mol. The number of ether oxygens (including phenoxy) is 6. The maximum atomic E-state index is 12.9. The minimum atomic E-state index is -2.09. The molecule has 0 spiro atoms. The number of fused-ring (bicyclic) bond motifs is 4.